The maximum absolute atomic E-state index is 5.86. The van der Waals surface area contributed by atoms with E-state index in [1.165, 1.54) is 56.4 Å². The molecule has 1 aromatic rings. The lowest BCUT2D eigenvalue weighted by Gasteiger charge is -2.36. The average molecular weight is 216 g/mol. The molecule has 0 amide bonds. The van der Waals surface area contributed by atoms with Gasteiger partial charge in [0.2, 0.25) is 0 Å². The van der Waals surface area contributed by atoms with E-state index in [1.807, 2.05) is 6.07 Å². The van der Waals surface area contributed by atoms with Crippen LogP contribution < -0.4 is 5.73 Å². The molecule has 2 heteroatoms. The van der Waals surface area contributed by atoms with Gasteiger partial charge in [0.05, 0.1) is 0 Å². The number of nitrogens with zero attached hydrogens (tertiary/aromatic N) is 1. The molecule has 1 atom stereocenters. The van der Waals surface area contributed by atoms with Crippen molar-refractivity contribution in [3.63, 3.8) is 0 Å². The minimum atomic E-state index is 0.856. The molecular weight excluding hydrogens is 196 g/mol. The molecule has 1 aliphatic carbocycles. The van der Waals surface area contributed by atoms with E-state index >= 15 is 0 Å². The molecule has 1 fully saturated rings. The molecule has 2 nitrogen and oxygen atoms in total. The second-order valence-corrected chi connectivity index (χ2v) is 5.29. The van der Waals surface area contributed by atoms with Gasteiger partial charge in [-0.05, 0) is 68.0 Å². The minimum absolute atomic E-state index is 0.856. The zero-order valence-electron chi connectivity index (χ0n) is 9.78. The summed E-state index contributed by atoms with van der Waals surface area (Å²) in [6, 6.07) is 6.43. The van der Waals surface area contributed by atoms with Gasteiger partial charge < -0.3 is 10.6 Å². The molecule has 1 heterocycles. The Balaban J connectivity index is 1.69. The van der Waals surface area contributed by atoms with Gasteiger partial charge in [0.1, 0.15) is 0 Å². The Labute approximate surface area is 97.4 Å². The monoisotopic (exact) mass is 216 g/mol. The normalized spacial score (nSPS) is 24.9. The molecule has 1 saturated heterocycles. The number of nitrogens with two attached hydrogens (primary N) is 1. The van der Waals surface area contributed by atoms with Crippen LogP contribution in [0.2, 0.25) is 0 Å². The second kappa shape index (κ2) is 4.10. The third-order valence-electron chi connectivity index (χ3n) is 4.03. The van der Waals surface area contributed by atoms with Gasteiger partial charge in [0.25, 0.3) is 0 Å². The Bertz CT molecular complexity index is 382. The first-order valence-electron chi connectivity index (χ1n) is 6.41. The van der Waals surface area contributed by atoms with Crippen LogP contribution in [0, 0.1) is 5.92 Å². The SMILES string of the molecule is Nc1ccc2c(c1)CC(CN1CCC1)CC2. The molecule has 86 valence electrons. The largest absolute Gasteiger partial charge is 0.399 e. The maximum atomic E-state index is 5.86. The maximum Gasteiger partial charge on any atom is 0.0316 e. The first kappa shape index (κ1) is 10.2. The molecular formula is C14H20N2. The molecule has 1 aromatic carbocycles. The van der Waals surface area contributed by atoms with Crippen LogP contribution >= 0.6 is 0 Å². The van der Waals surface area contributed by atoms with Crippen LogP contribution in [0.1, 0.15) is 24.0 Å². The number of hydrogen-bond donors (Lipinski definition) is 1. The summed E-state index contributed by atoms with van der Waals surface area (Å²) in [5, 5.41) is 0. The molecule has 0 spiro atoms. The van der Waals surface area contributed by atoms with Gasteiger partial charge >= 0.3 is 0 Å². The Kier molecular flexibility index (Phi) is 2.60. The van der Waals surface area contributed by atoms with Crippen molar-refractivity contribution >= 4 is 5.69 Å². The molecule has 16 heavy (non-hydrogen) atoms. The van der Waals surface area contributed by atoms with Crippen LogP contribution in [0.5, 0.6) is 0 Å². The smallest absolute Gasteiger partial charge is 0.0316 e. The number of likely N-dealkylation sites (tertiary alicyclic amines) is 1. The van der Waals surface area contributed by atoms with Crippen LogP contribution in [-0.4, -0.2) is 24.5 Å². The van der Waals surface area contributed by atoms with Gasteiger partial charge in [-0.25, -0.2) is 0 Å². The summed E-state index contributed by atoms with van der Waals surface area (Å²) >= 11 is 0. The Morgan fingerprint density at radius 1 is 1.25 bits per heavy atom. The van der Waals surface area contributed by atoms with Crippen molar-refractivity contribution in [1.82, 2.24) is 4.90 Å². The van der Waals surface area contributed by atoms with Crippen molar-refractivity contribution in [1.29, 1.82) is 0 Å². The molecule has 0 radical (unpaired) electrons. The quantitative estimate of drug-likeness (QED) is 0.767. The van der Waals surface area contributed by atoms with Gasteiger partial charge in [0.15, 0.2) is 0 Å². The molecule has 2 N–H and O–H groups in total. The fraction of sp³-hybridized carbons (Fsp3) is 0.571. The van der Waals surface area contributed by atoms with Gasteiger partial charge in [0, 0.05) is 12.2 Å². The predicted molar refractivity (Wildman–Crippen MR) is 67.4 cm³/mol. The summed E-state index contributed by atoms with van der Waals surface area (Å²) in [6.45, 7) is 3.94. The molecule has 3 rings (SSSR count). The van der Waals surface area contributed by atoms with E-state index in [0.29, 0.717) is 0 Å². The van der Waals surface area contributed by atoms with Crippen molar-refractivity contribution in [2.45, 2.75) is 25.7 Å². The molecule has 0 aromatic heterocycles. The highest BCUT2D eigenvalue weighted by atomic mass is 15.2. The number of benzene rings is 1. The van der Waals surface area contributed by atoms with Crippen LogP contribution in [0.15, 0.2) is 18.2 Å². The van der Waals surface area contributed by atoms with Crippen molar-refractivity contribution in [3.8, 4) is 0 Å². The van der Waals surface area contributed by atoms with Gasteiger partial charge in [-0.2, -0.15) is 0 Å². The Hall–Kier alpha value is -1.02. The van der Waals surface area contributed by atoms with Gasteiger partial charge in [-0.1, -0.05) is 6.07 Å². The highest BCUT2D eigenvalue weighted by Crippen LogP contribution is 2.28. The second-order valence-electron chi connectivity index (χ2n) is 5.29. The molecule has 1 unspecified atom stereocenters. The van der Waals surface area contributed by atoms with Crippen molar-refractivity contribution in [3.05, 3.63) is 29.3 Å². The highest BCUT2D eigenvalue weighted by molar-refractivity contribution is 5.45. The number of rotatable bonds is 2. The lowest BCUT2D eigenvalue weighted by molar-refractivity contribution is 0.146. The van der Waals surface area contributed by atoms with Crippen LogP contribution in [-0.2, 0) is 12.8 Å². The van der Waals surface area contributed by atoms with E-state index in [-0.39, 0.29) is 0 Å². The number of hydrogen-bond acceptors (Lipinski definition) is 2. The van der Waals surface area contributed by atoms with Crippen LogP contribution in [0.3, 0.4) is 0 Å². The Morgan fingerprint density at radius 2 is 2.12 bits per heavy atom. The zero-order chi connectivity index (χ0) is 11.0. The fourth-order valence-electron chi connectivity index (χ4n) is 2.94. The summed E-state index contributed by atoms with van der Waals surface area (Å²) in [7, 11) is 0. The van der Waals surface area contributed by atoms with Gasteiger partial charge in [-0.15, -0.1) is 0 Å². The molecule has 1 aliphatic heterocycles. The van der Waals surface area contributed by atoms with Crippen LogP contribution in [0.4, 0.5) is 5.69 Å². The lowest BCUT2D eigenvalue weighted by atomic mass is 9.83. The average Bonchev–Trinajstić information content (AvgIpc) is 2.23. The summed E-state index contributed by atoms with van der Waals surface area (Å²) in [4.78, 5) is 2.59. The van der Waals surface area contributed by atoms with Gasteiger partial charge in [-0.3, -0.25) is 0 Å². The third kappa shape index (κ3) is 1.94. The van der Waals surface area contributed by atoms with Crippen molar-refractivity contribution in [2.75, 3.05) is 25.4 Å². The topological polar surface area (TPSA) is 29.3 Å². The van der Waals surface area contributed by atoms with E-state index in [1.54, 1.807) is 0 Å². The summed E-state index contributed by atoms with van der Waals surface area (Å²) in [6.07, 6.45) is 5.23. The van der Waals surface area contributed by atoms with Crippen molar-refractivity contribution in [2.24, 2.45) is 5.92 Å². The summed E-state index contributed by atoms with van der Waals surface area (Å²) in [5.41, 5.74) is 9.79. The van der Waals surface area contributed by atoms with E-state index < -0.39 is 0 Å². The third-order valence-corrected chi connectivity index (χ3v) is 4.03. The number of anilines is 1. The molecule has 0 saturated carbocycles. The number of nitrogen functional groups attached to an aromatic ring is 1. The fourth-order valence-corrected chi connectivity index (χ4v) is 2.94. The first-order valence-corrected chi connectivity index (χ1v) is 6.41. The van der Waals surface area contributed by atoms with E-state index in [4.69, 9.17) is 5.73 Å². The number of aryl methyl sites for hydroxylation is 1. The lowest BCUT2D eigenvalue weighted by Crippen LogP contribution is -2.41. The zero-order valence-corrected chi connectivity index (χ0v) is 9.78. The molecule has 0 bridgehead atoms. The standard InChI is InChI=1S/C14H20N2/c15-14-5-4-12-3-2-11(8-13(12)9-14)10-16-6-1-7-16/h4-5,9,11H,1-3,6-8,10,15H2. The highest BCUT2D eigenvalue weighted by Gasteiger charge is 2.23. The summed E-state index contributed by atoms with van der Waals surface area (Å²) < 4.78 is 0. The molecule has 2 aliphatic rings. The van der Waals surface area contributed by atoms with Crippen LogP contribution in [0.25, 0.3) is 0 Å². The van der Waals surface area contributed by atoms with Crippen molar-refractivity contribution < 1.29 is 0 Å². The van der Waals surface area contributed by atoms with E-state index in [2.05, 4.69) is 17.0 Å². The minimum Gasteiger partial charge on any atom is -0.399 e. The Morgan fingerprint density at radius 3 is 2.88 bits per heavy atom. The first-order chi connectivity index (χ1) is 7.81. The summed E-state index contributed by atoms with van der Waals surface area (Å²) in [5.74, 6) is 0.856. The predicted octanol–water partition coefficient (Wildman–Crippen LogP) is 2.08. The van der Waals surface area contributed by atoms with E-state index in [0.717, 1.165) is 11.6 Å². The number of fused-ring (bicyclic) bond motifs is 1. The van der Waals surface area contributed by atoms with E-state index in [9.17, 15) is 0 Å².